The van der Waals surface area contributed by atoms with Crippen molar-refractivity contribution in [3.05, 3.63) is 23.0 Å². The summed E-state index contributed by atoms with van der Waals surface area (Å²) in [6.45, 7) is 1.98. The zero-order chi connectivity index (χ0) is 12.1. The van der Waals surface area contributed by atoms with Crippen molar-refractivity contribution in [3.8, 4) is 11.5 Å². The summed E-state index contributed by atoms with van der Waals surface area (Å²) in [5.74, 6) is -0.218. The summed E-state index contributed by atoms with van der Waals surface area (Å²) in [7, 11) is 2.81. The summed E-state index contributed by atoms with van der Waals surface area (Å²) in [6.07, 6.45) is 2.12. The fourth-order valence-corrected chi connectivity index (χ4v) is 1.68. The summed E-state index contributed by atoms with van der Waals surface area (Å²) < 4.78 is 23.6. The molecule has 0 saturated carbocycles. The molecule has 0 saturated heterocycles. The molecule has 0 atom stereocenters. The lowest BCUT2D eigenvalue weighted by Gasteiger charge is -2.14. The first-order chi connectivity index (χ1) is 7.69. The van der Waals surface area contributed by atoms with E-state index in [1.807, 2.05) is 6.92 Å². The Bertz CT molecular complexity index is 388. The van der Waals surface area contributed by atoms with Crippen LogP contribution in [0.25, 0.3) is 0 Å². The van der Waals surface area contributed by atoms with Gasteiger partial charge in [0.1, 0.15) is 0 Å². The van der Waals surface area contributed by atoms with Gasteiger partial charge in [0.15, 0.2) is 23.6 Å². The van der Waals surface area contributed by atoms with Crippen LogP contribution in [-0.4, -0.2) is 20.5 Å². The Morgan fingerprint density at radius 2 is 1.94 bits per heavy atom. The predicted octanol–water partition coefficient (Wildman–Crippen LogP) is 2.61. The molecule has 0 aliphatic rings. The van der Waals surface area contributed by atoms with Crippen molar-refractivity contribution in [3.63, 3.8) is 0 Å². The summed E-state index contributed by atoms with van der Waals surface area (Å²) in [4.78, 5) is 10.9. The van der Waals surface area contributed by atoms with Crippen LogP contribution >= 0.6 is 0 Å². The second-order valence-corrected chi connectivity index (χ2v) is 3.36. The zero-order valence-corrected chi connectivity index (χ0v) is 9.67. The van der Waals surface area contributed by atoms with E-state index in [1.165, 1.54) is 20.3 Å². The highest BCUT2D eigenvalue weighted by molar-refractivity contribution is 5.80. The van der Waals surface area contributed by atoms with Gasteiger partial charge in [-0.05, 0) is 12.5 Å². The fraction of sp³-hybridized carbons (Fsp3) is 0.417. The highest BCUT2D eigenvalue weighted by Gasteiger charge is 2.18. The van der Waals surface area contributed by atoms with Crippen LogP contribution in [0.1, 0.15) is 29.3 Å². The smallest absolute Gasteiger partial charge is 0.197 e. The quantitative estimate of drug-likeness (QED) is 0.724. The minimum atomic E-state index is -0.582. The van der Waals surface area contributed by atoms with E-state index >= 15 is 0 Å². The molecule has 16 heavy (non-hydrogen) atoms. The first-order valence-electron chi connectivity index (χ1n) is 5.08. The average Bonchev–Trinajstić information content (AvgIpc) is 2.30. The Labute approximate surface area is 94.2 Å². The SMILES string of the molecule is CCCc1c(C=O)cc(F)c(OC)c1OC. The lowest BCUT2D eigenvalue weighted by Crippen LogP contribution is -2.03. The molecule has 0 N–H and O–H groups in total. The van der Waals surface area contributed by atoms with Gasteiger partial charge in [-0.1, -0.05) is 13.3 Å². The highest BCUT2D eigenvalue weighted by Crippen LogP contribution is 2.36. The van der Waals surface area contributed by atoms with E-state index in [9.17, 15) is 9.18 Å². The number of carbonyl (C=O) groups is 1. The standard InChI is InChI=1S/C12H15FO3/c1-4-5-9-8(7-14)6-10(13)12(16-3)11(9)15-2/h6-7H,4-5H2,1-3H3. The third-order valence-corrected chi connectivity index (χ3v) is 2.36. The molecule has 0 heterocycles. The fourth-order valence-electron chi connectivity index (χ4n) is 1.68. The first-order valence-corrected chi connectivity index (χ1v) is 5.08. The number of benzene rings is 1. The van der Waals surface area contributed by atoms with Gasteiger partial charge in [-0.2, -0.15) is 0 Å². The van der Waals surface area contributed by atoms with Crippen molar-refractivity contribution in [1.29, 1.82) is 0 Å². The van der Waals surface area contributed by atoms with Crippen LogP contribution in [0.15, 0.2) is 6.07 Å². The van der Waals surface area contributed by atoms with Gasteiger partial charge < -0.3 is 9.47 Å². The number of carbonyl (C=O) groups excluding carboxylic acids is 1. The molecule has 0 unspecified atom stereocenters. The van der Waals surface area contributed by atoms with E-state index in [0.29, 0.717) is 29.6 Å². The number of hydrogen-bond acceptors (Lipinski definition) is 3. The molecule has 0 amide bonds. The molecule has 0 spiro atoms. The molecule has 0 aliphatic heterocycles. The van der Waals surface area contributed by atoms with E-state index in [1.54, 1.807) is 0 Å². The molecule has 0 bridgehead atoms. The second-order valence-electron chi connectivity index (χ2n) is 3.36. The number of hydrogen-bond donors (Lipinski definition) is 0. The van der Waals surface area contributed by atoms with Gasteiger partial charge in [0.05, 0.1) is 14.2 Å². The van der Waals surface area contributed by atoms with Crippen LogP contribution < -0.4 is 9.47 Å². The molecule has 1 aromatic rings. The lowest BCUT2D eigenvalue weighted by atomic mass is 10.0. The van der Waals surface area contributed by atoms with Gasteiger partial charge in [-0.3, -0.25) is 4.79 Å². The largest absolute Gasteiger partial charge is 0.492 e. The van der Waals surface area contributed by atoms with Gasteiger partial charge >= 0.3 is 0 Å². The Morgan fingerprint density at radius 1 is 1.31 bits per heavy atom. The molecule has 0 radical (unpaired) electrons. The zero-order valence-electron chi connectivity index (χ0n) is 9.67. The number of halogens is 1. The molecular formula is C12H15FO3. The minimum Gasteiger partial charge on any atom is -0.492 e. The first kappa shape index (κ1) is 12.5. The molecule has 0 aromatic heterocycles. The van der Waals surface area contributed by atoms with Crippen molar-refractivity contribution in [2.75, 3.05) is 14.2 Å². The number of aldehydes is 1. The second kappa shape index (κ2) is 5.49. The van der Waals surface area contributed by atoms with Crippen LogP contribution in [0, 0.1) is 5.82 Å². The van der Waals surface area contributed by atoms with Gasteiger partial charge in [0, 0.05) is 11.1 Å². The van der Waals surface area contributed by atoms with E-state index in [-0.39, 0.29) is 5.75 Å². The average molecular weight is 226 g/mol. The maximum atomic E-state index is 13.5. The summed E-state index contributed by atoms with van der Waals surface area (Å²) in [5, 5.41) is 0. The predicted molar refractivity (Wildman–Crippen MR) is 58.9 cm³/mol. The summed E-state index contributed by atoms with van der Waals surface area (Å²) in [5.41, 5.74) is 1.01. The number of rotatable bonds is 5. The van der Waals surface area contributed by atoms with E-state index in [2.05, 4.69) is 0 Å². The number of ether oxygens (including phenoxy) is 2. The van der Waals surface area contributed by atoms with Crippen molar-refractivity contribution < 1.29 is 18.7 Å². The normalized spacial score (nSPS) is 10.0. The molecule has 0 aliphatic carbocycles. The highest BCUT2D eigenvalue weighted by atomic mass is 19.1. The van der Waals surface area contributed by atoms with Crippen LogP contribution in [0.5, 0.6) is 11.5 Å². The molecule has 88 valence electrons. The Hall–Kier alpha value is -1.58. The monoisotopic (exact) mass is 226 g/mol. The van der Waals surface area contributed by atoms with Crippen molar-refractivity contribution in [2.24, 2.45) is 0 Å². The number of methoxy groups -OCH3 is 2. The molecule has 1 aromatic carbocycles. The van der Waals surface area contributed by atoms with Crippen LogP contribution in [0.2, 0.25) is 0 Å². The van der Waals surface area contributed by atoms with Crippen LogP contribution in [0.4, 0.5) is 4.39 Å². The Kier molecular flexibility index (Phi) is 4.28. The van der Waals surface area contributed by atoms with Gasteiger partial charge in [-0.15, -0.1) is 0 Å². The van der Waals surface area contributed by atoms with Crippen molar-refractivity contribution in [2.45, 2.75) is 19.8 Å². The van der Waals surface area contributed by atoms with Gasteiger partial charge in [0.2, 0.25) is 0 Å². The minimum absolute atomic E-state index is 0.0524. The third-order valence-electron chi connectivity index (χ3n) is 2.36. The Morgan fingerprint density at radius 3 is 2.38 bits per heavy atom. The van der Waals surface area contributed by atoms with Crippen molar-refractivity contribution >= 4 is 6.29 Å². The van der Waals surface area contributed by atoms with E-state index in [0.717, 1.165) is 6.42 Å². The Balaban J connectivity index is 3.45. The summed E-state index contributed by atoms with van der Waals surface area (Å²) in [6, 6.07) is 1.18. The molecule has 3 nitrogen and oxygen atoms in total. The lowest BCUT2D eigenvalue weighted by molar-refractivity contribution is 0.112. The maximum absolute atomic E-state index is 13.5. The van der Waals surface area contributed by atoms with E-state index < -0.39 is 5.82 Å². The van der Waals surface area contributed by atoms with Gasteiger partial charge in [0.25, 0.3) is 0 Å². The molecule has 4 heteroatoms. The van der Waals surface area contributed by atoms with Gasteiger partial charge in [-0.25, -0.2) is 4.39 Å². The maximum Gasteiger partial charge on any atom is 0.197 e. The summed E-state index contributed by atoms with van der Waals surface area (Å²) >= 11 is 0. The third kappa shape index (κ3) is 2.15. The van der Waals surface area contributed by atoms with Crippen molar-refractivity contribution in [1.82, 2.24) is 0 Å². The van der Waals surface area contributed by atoms with Crippen LogP contribution in [0.3, 0.4) is 0 Å². The molecule has 1 rings (SSSR count). The van der Waals surface area contributed by atoms with E-state index in [4.69, 9.17) is 9.47 Å². The van der Waals surface area contributed by atoms with Crippen LogP contribution in [-0.2, 0) is 6.42 Å². The molecular weight excluding hydrogens is 211 g/mol. The molecule has 0 fully saturated rings. The topological polar surface area (TPSA) is 35.5 Å².